The van der Waals surface area contributed by atoms with E-state index in [4.69, 9.17) is 4.74 Å². The molecule has 1 aromatic heterocycles. The van der Waals surface area contributed by atoms with E-state index in [2.05, 4.69) is 5.32 Å². The van der Waals surface area contributed by atoms with Crippen LogP contribution in [0.15, 0.2) is 60.8 Å². The van der Waals surface area contributed by atoms with Gasteiger partial charge < -0.3 is 19.5 Å². The van der Waals surface area contributed by atoms with Crippen molar-refractivity contribution in [3.63, 3.8) is 0 Å². The summed E-state index contributed by atoms with van der Waals surface area (Å²) in [4.78, 5) is 14.9. The molecule has 0 aliphatic carbocycles. The van der Waals surface area contributed by atoms with Crippen molar-refractivity contribution in [2.75, 3.05) is 25.0 Å². The highest BCUT2D eigenvalue weighted by molar-refractivity contribution is 5.94. The second-order valence-corrected chi connectivity index (χ2v) is 8.93. The fourth-order valence-corrected chi connectivity index (χ4v) is 4.98. The van der Waals surface area contributed by atoms with Gasteiger partial charge in [-0.3, -0.25) is 4.79 Å². The zero-order valence-electron chi connectivity index (χ0n) is 18.9. The lowest BCUT2D eigenvalue weighted by Gasteiger charge is -2.42. The molecule has 1 saturated heterocycles. The molecule has 3 aromatic rings. The first-order chi connectivity index (χ1) is 16.3. The van der Waals surface area contributed by atoms with E-state index in [-0.39, 0.29) is 5.91 Å². The number of likely N-dealkylation sites (tertiary alicyclic amines) is 1. The normalized spacial score (nSPS) is 16.9. The Morgan fingerprint density at radius 3 is 2.50 bits per heavy atom. The second-order valence-electron chi connectivity index (χ2n) is 8.93. The number of ether oxygens (including phenoxy) is 1. The predicted octanol–water partition coefficient (Wildman–Crippen LogP) is 5.54. The molecule has 8 heteroatoms. The second kappa shape index (κ2) is 8.42. The lowest BCUT2D eigenvalue weighted by atomic mass is 9.83. The van der Waals surface area contributed by atoms with Gasteiger partial charge in [0.25, 0.3) is 5.91 Å². The van der Waals surface area contributed by atoms with E-state index < -0.39 is 17.3 Å². The van der Waals surface area contributed by atoms with Crippen LogP contribution in [0.2, 0.25) is 0 Å². The van der Waals surface area contributed by atoms with E-state index in [9.17, 15) is 18.0 Å². The van der Waals surface area contributed by atoms with Gasteiger partial charge in [-0.05, 0) is 74.4 Å². The van der Waals surface area contributed by atoms with Crippen LogP contribution < -0.4 is 10.1 Å². The standard InChI is InChI=1S/C26H26F3N3O2/c1-2-34-21-8-5-18(6-9-21)24(33)31-14-11-25(12-15-31)17-20-4-3-13-32(20)23-10-7-19(26(27,28)29)16-22(23)30-25/h3-10,13,16,30H,2,11-12,14-15,17H2,1H3. The topological polar surface area (TPSA) is 46.5 Å². The molecule has 3 heterocycles. The monoisotopic (exact) mass is 469 g/mol. The van der Waals surface area contributed by atoms with Crippen molar-refractivity contribution in [3.05, 3.63) is 77.6 Å². The third-order valence-electron chi connectivity index (χ3n) is 6.76. The number of nitrogens with one attached hydrogen (secondary N) is 1. The van der Waals surface area contributed by atoms with E-state index in [1.807, 2.05) is 34.7 Å². The van der Waals surface area contributed by atoms with Gasteiger partial charge in [0.1, 0.15) is 5.75 Å². The number of hydrogen-bond acceptors (Lipinski definition) is 3. The van der Waals surface area contributed by atoms with Gasteiger partial charge in [0.05, 0.1) is 23.5 Å². The third kappa shape index (κ3) is 4.13. The minimum absolute atomic E-state index is 0.0466. The number of amides is 1. The first-order valence-electron chi connectivity index (χ1n) is 11.5. The minimum atomic E-state index is -4.41. The molecule has 0 bridgehead atoms. The molecule has 0 radical (unpaired) electrons. The Labute approximate surface area is 196 Å². The van der Waals surface area contributed by atoms with Gasteiger partial charge in [-0.15, -0.1) is 0 Å². The van der Waals surface area contributed by atoms with Crippen LogP contribution in [0.1, 0.15) is 41.4 Å². The van der Waals surface area contributed by atoms with Crippen LogP contribution in [0.25, 0.3) is 5.69 Å². The number of carbonyl (C=O) groups is 1. The average molecular weight is 470 g/mol. The fourth-order valence-electron chi connectivity index (χ4n) is 4.98. The van der Waals surface area contributed by atoms with Gasteiger partial charge in [0, 0.05) is 42.5 Å². The van der Waals surface area contributed by atoms with Crippen LogP contribution in [0.3, 0.4) is 0 Å². The van der Waals surface area contributed by atoms with Crippen molar-refractivity contribution < 1.29 is 22.7 Å². The molecule has 34 heavy (non-hydrogen) atoms. The summed E-state index contributed by atoms with van der Waals surface area (Å²) in [7, 11) is 0. The molecule has 5 nitrogen and oxygen atoms in total. The summed E-state index contributed by atoms with van der Waals surface area (Å²) < 4.78 is 47.6. The number of aromatic nitrogens is 1. The van der Waals surface area contributed by atoms with E-state index in [0.717, 1.165) is 17.5 Å². The number of fused-ring (bicyclic) bond motifs is 3. The number of nitrogens with zero attached hydrogens (tertiary/aromatic N) is 2. The van der Waals surface area contributed by atoms with Gasteiger partial charge in [0.15, 0.2) is 0 Å². The van der Waals surface area contributed by atoms with Crippen molar-refractivity contribution >= 4 is 11.6 Å². The van der Waals surface area contributed by atoms with Gasteiger partial charge in [-0.25, -0.2) is 0 Å². The summed E-state index contributed by atoms with van der Waals surface area (Å²) in [5.74, 6) is 0.675. The van der Waals surface area contributed by atoms with Crippen molar-refractivity contribution in [1.29, 1.82) is 0 Å². The van der Waals surface area contributed by atoms with Crippen molar-refractivity contribution in [2.45, 2.75) is 37.9 Å². The van der Waals surface area contributed by atoms with E-state index in [1.54, 1.807) is 24.3 Å². The summed E-state index contributed by atoms with van der Waals surface area (Å²) >= 11 is 0. The molecule has 2 aromatic carbocycles. The molecule has 1 fully saturated rings. The zero-order valence-corrected chi connectivity index (χ0v) is 18.9. The molecule has 178 valence electrons. The quantitative estimate of drug-likeness (QED) is 0.548. The van der Waals surface area contributed by atoms with Gasteiger partial charge in [-0.1, -0.05) is 0 Å². The highest BCUT2D eigenvalue weighted by Crippen LogP contribution is 2.40. The number of benzene rings is 2. The Balaban J connectivity index is 1.38. The summed E-state index contributed by atoms with van der Waals surface area (Å²) in [6, 6.07) is 14.9. The molecular weight excluding hydrogens is 443 g/mol. The molecule has 0 unspecified atom stereocenters. The van der Waals surface area contributed by atoms with Crippen LogP contribution in [-0.2, 0) is 12.6 Å². The van der Waals surface area contributed by atoms with Crippen molar-refractivity contribution in [3.8, 4) is 11.4 Å². The van der Waals surface area contributed by atoms with Gasteiger partial charge in [-0.2, -0.15) is 13.2 Å². The molecule has 2 aliphatic rings. The molecular formula is C26H26F3N3O2. The maximum atomic E-state index is 13.4. The zero-order chi connectivity index (χ0) is 23.9. The Morgan fingerprint density at radius 1 is 1.09 bits per heavy atom. The predicted molar refractivity (Wildman–Crippen MR) is 124 cm³/mol. The molecule has 0 saturated carbocycles. The number of halogens is 3. The van der Waals surface area contributed by atoms with Crippen LogP contribution in [0, 0.1) is 0 Å². The van der Waals surface area contributed by atoms with Crippen LogP contribution in [0.5, 0.6) is 5.75 Å². The smallest absolute Gasteiger partial charge is 0.416 e. The summed E-state index contributed by atoms with van der Waals surface area (Å²) in [6.45, 7) is 3.51. The molecule has 1 amide bonds. The van der Waals surface area contributed by atoms with E-state index in [0.29, 0.717) is 55.9 Å². The number of alkyl halides is 3. The molecule has 5 rings (SSSR count). The van der Waals surface area contributed by atoms with Gasteiger partial charge >= 0.3 is 6.18 Å². The summed E-state index contributed by atoms with van der Waals surface area (Å²) in [5, 5.41) is 3.47. The maximum absolute atomic E-state index is 13.4. The van der Waals surface area contributed by atoms with Gasteiger partial charge in [0.2, 0.25) is 0 Å². The Morgan fingerprint density at radius 2 is 1.82 bits per heavy atom. The Bertz CT molecular complexity index is 1190. The Kier molecular flexibility index (Phi) is 5.54. The average Bonchev–Trinajstić information content (AvgIpc) is 3.22. The SMILES string of the molecule is CCOc1ccc(C(=O)N2CCC3(CC2)Cc2cccn2-c2ccc(C(F)(F)F)cc2N3)cc1. The minimum Gasteiger partial charge on any atom is -0.494 e. The van der Waals surface area contributed by atoms with E-state index in [1.165, 1.54) is 12.1 Å². The summed E-state index contributed by atoms with van der Waals surface area (Å²) in [5.41, 5.74) is 1.71. The van der Waals surface area contributed by atoms with Crippen molar-refractivity contribution in [1.82, 2.24) is 9.47 Å². The highest BCUT2D eigenvalue weighted by atomic mass is 19.4. The lowest BCUT2D eigenvalue weighted by molar-refractivity contribution is -0.137. The molecule has 1 spiro atoms. The number of carbonyl (C=O) groups excluding carboxylic acids is 1. The van der Waals surface area contributed by atoms with Crippen LogP contribution in [0.4, 0.5) is 18.9 Å². The highest BCUT2D eigenvalue weighted by Gasteiger charge is 2.40. The van der Waals surface area contributed by atoms with E-state index >= 15 is 0 Å². The lowest BCUT2D eigenvalue weighted by Crippen LogP contribution is -2.51. The number of rotatable bonds is 3. The van der Waals surface area contributed by atoms with Crippen LogP contribution >= 0.6 is 0 Å². The summed E-state index contributed by atoms with van der Waals surface area (Å²) in [6.07, 6.45) is -0.593. The molecule has 0 atom stereocenters. The number of anilines is 1. The Hall–Kier alpha value is -3.42. The van der Waals surface area contributed by atoms with Crippen LogP contribution in [-0.4, -0.2) is 40.6 Å². The molecule has 2 aliphatic heterocycles. The first kappa shape index (κ1) is 22.4. The number of hydrogen-bond donors (Lipinski definition) is 1. The largest absolute Gasteiger partial charge is 0.494 e. The first-order valence-corrected chi connectivity index (χ1v) is 11.5. The maximum Gasteiger partial charge on any atom is 0.416 e. The molecule has 1 N–H and O–H groups in total. The third-order valence-corrected chi connectivity index (χ3v) is 6.76. The van der Waals surface area contributed by atoms with Crippen molar-refractivity contribution in [2.24, 2.45) is 0 Å². The fraction of sp³-hybridized carbons (Fsp3) is 0.346. The number of piperidine rings is 1.